The molecule has 0 saturated heterocycles. The fraction of sp³-hybridized carbons (Fsp3) is 0.833. The van der Waals surface area contributed by atoms with Gasteiger partial charge >= 0.3 is 5.97 Å². The molecule has 0 aromatic heterocycles. The van der Waals surface area contributed by atoms with E-state index >= 15 is 0 Å². The molecule has 1 aliphatic carbocycles. The number of nitrogens with two attached hydrogens (primary N) is 1. The average molecular weight is 242 g/mol. The Hall–Kier alpha value is -1.10. The molecule has 1 amide bonds. The molecule has 0 heterocycles. The summed E-state index contributed by atoms with van der Waals surface area (Å²) in [6.45, 7) is 3.97. The second kappa shape index (κ2) is 5.04. The molecule has 0 aromatic carbocycles. The van der Waals surface area contributed by atoms with E-state index < -0.39 is 11.4 Å². The van der Waals surface area contributed by atoms with Crippen LogP contribution in [0.25, 0.3) is 0 Å². The Kier molecular flexibility index (Phi) is 4.14. The smallest absolute Gasteiger partial charge is 0.311 e. The second-order valence-electron chi connectivity index (χ2n) is 5.70. The van der Waals surface area contributed by atoms with E-state index in [4.69, 9.17) is 10.8 Å². The van der Waals surface area contributed by atoms with Crippen molar-refractivity contribution >= 4 is 11.9 Å². The first-order valence-electron chi connectivity index (χ1n) is 6.04. The third-order valence-corrected chi connectivity index (χ3v) is 3.38. The number of nitrogens with one attached hydrogen (secondary N) is 1. The van der Waals surface area contributed by atoms with Gasteiger partial charge in [-0.2, -0.15) is 0 Å². The lowest BCUT2D eigenvalue weighted by Gasteiger charge is -2.37. The minimum Gasteiger partial charge on any atom is -0.481 e. The molecule has 0 bridgehead atoms. The Morgan fingerprint density at radius 2 is 2.00 bits per heavy atom. The zero-order valence-corrected chi connectivity index (χ0v) is 10.6. The van der Waals surface area contributed by atoms with Crippen molar-refractivity contribution in [2.24, 2.45) is 11.1 Å². The van der Waals surface area contributed by atoms with Gasteiger partial charge in [0, 0.05) is 18.5 Å². The lowest BCUT2D eigenvalue weighted by atomic mass is 9.69. The van der Waals surface area contributed by atoms with Crippen molar-refractivity contribution in [3.8, 4) is 0 Å². The normalized spacial score (nSPS) is 18.3. The molecule has 0 aliphatic heterocycles. The summed E-state index contributed by atoms with van der Waals surface area (Å²) in [4.78, 5) is 22.6. The van der Waals surface area contributed by atoms with Crippen LogP contribution in [0.4, 0.5) is 0 Å². The van der Waals surface area contributed by atoms with Gasteiger partial charge in [-0.05, 0) is 33.1 Å². The molecule has 5 nitrogen and oxygen atoms in total. The molecule has 0 unspecified atom stereocenters. The Morgan fingerprint density at radius 1 is 1.41 bits per heavy atom. The number of hydrogen-bond acceptors (Lipinski definition) is 3. The molecule has 98 valence electrons. The average Bonchev–Trinajstić information content (AvgIpc) is 2.11. The Balaban J connectivity index is 2.30. The predicted octanol–water partition coefficient (Wildman–Crippen LogP) is 0.875. The highest BCUT2D eigenvalue weighted by Crippen LogP contribution is 2.40. The van der Waals surface area contributed by atoms with Gasteiger partial charge in [-0.1, -0.05) is 6.42 Å². The monoisotopic (exact) mass is 242 g/mol. The first-order valence-corrected chi connectivity index (χ1v) is 6.04. The van der Waals surface area contributed by atoms with Crippen LogP contribution in [0.3, 0.4) is 0 Å². The van der Waals surface area contributed by atoms with E-state index in [1.807, 2.05) is 13.8 Å². The Bertz CT molecular complexity index is 303. The van der Waals surface area contributed by atoms with Crippen LogP contribution in [0.5, 0.6) is 0 Å². The molecule has 0 aromatic rings. The summed E-state index contributed by atoms with van der Waals surface area (Å²) in [6, 6.07) is 0. The van der Waals surface area contributed by atoms with Crippen molar-refractivity contribution < 1.29 is 14.7 Å². The van der Waals surface area contributed by atoms with Gasteiger partial charge in [-0.15, -0.1) is 0 Å². The van der Waals surface area contributed by atoms with Gasteiger partial charge in [0.15, 0.2) is 0 Å². The van der Waals surface area contributed by atoms with Crippen LogP contribution >= 0.6 is 0 Å². The lowest BCUT2D eigenvalue weighted by Crippen LogP contribution is -2.47. The summed E-state index contributed by atoms with van der Waals surface area (Å²) >= 11 is 0. The van der Waals surface area contributed by atoms with Gasteiger partial charge < -0.3 is 16.2 Å². The zero-order chi connectivity index (χ0) is 13.1. The number of amides is 1. The number of hydrogen-bond donors (Lipinski definition) is 3. The number of rotatable bonds is 6. The van der Waals surface area contributed by atoms with Crippen molar-refractivity contribution in [2.75, 3.05) is 6.54 Å². The number of carbonyl (C=O) groups excluding carboxylic acids is 1. The number of carboxylic acid groups (broad SMARTS) is 1. The van der Waals surface area contributed by atoms with Crippen molar-refractivity contribution in [1.82, 2.24) is 5.32 Å². The molecular formula is C12H22N2O3. The molecule has 17 heavy (non-hydrogen) atoms. The van der Waals surface area contributed by atoms with E-state index in [1.54, 1.807) is 0 Å². The molecule has 0 atom stereocenters. The summed E-state index contributed by atoms with van der Waals surface area (Å²) < 4.78 is 0. The first-order chi connectivity index (χ1) is 7.75. The maximum absolute atomic E-state index is 11.5. The maximum atomic E-state index is 11.5. The summed E-state index contributed by atoms with van der Waals surface area (Å²) in [6.07, 6.45) is 3.19. The van der Waals surface area contributed by atoms with Gasteiger partial charge in [0.05, 0.1) is 5.41 Å². The van der Waals surface area contributed by atoms with E-state index in [-0.39, 0.29) is 18.0 Å². The third kappa shape index (κ3) is 4.00. The Morgan fingerprint density at radius 3 is 2.35 bits per heavy atom. The first kappa shape index (κ1) is 14.0. The van der Waals surface area contributed by atoms with Crippen molar-refractivity contribution in [3.05, 3.63) is 0 Å². The van der Waals surface area contributed by atoms with Crippen LogP contribution in [-0.2, 0) is 9.59 Å². The third-order valence-electron chi connectivity index (χ3n) is 3.38. The SMILES string of the molecule is CC(C)(N)CCC(=O)NCC1(C(=O)O)CCC1. The highest BCUT2D eigenvalue weighted by molar-refractivity contribution is 5.79. The van der Waals surface area contributed by atoms with Gasteiger partial charge in [0.2, 0.25) is 5.91 Å². The fourth-order valence-electron chi connectivity index (χ4n) is 1.86. The predicted molar refractivity (Wildman–Crippen MR) is 64.4 cm³/mol. The van der Waals surface area contributed by atoms with E-state index in [2.05, 4.69) is 5.32 Å². The summed E-state index contributed by atoms with van der Waals surface area (Å²) in [5.74, 6) is -0.917. The fourth-order valence-corrected chi connectivity index (χ4v) is 1.86. The second-order valence-corrected chi connectivity index (χ2v) is 5.70. The Labute approximate surface area is 102 Å². The molecule has 1 saturated carbocycles. The molecule has 5 heteroatoms. The number of carboxylic acids is 1. The molecule has 1 aliphatic rings. The quantitative estimate of drug-likeness (QED) is 0.644. The van der Waals surface area contributed by atoms with Crippen LogP contribution < -0.4 is 11.1 Å². The van der Waals surface area contributed by atoms with Crippen LogP contribution in [0.2, 0.25) is 0 Å². The summed E-state index contributed by atoms with van der Waals surface area (Å²) in [5.41, 5.74) is 4.70. The van der Waals surface area contributed by atoms with Crippen molar-refractivity contribution in [1.29, 1.82) is 0 Å². The standard InChI is InChI=1S/C12H22N2O3/c1-11(2,13)7-4-9(15)14-8-12(10(16)17)5-3-6-12/h3-8,13H2,1-2H3,(H,14,15)(H,16,17). The number of aliphatic carboxylic acids is 1. The maximum Gasteiger partial charge on any atom is 0.311 e. The molecule has 4 N–H and O–H groups in total. The van der Waals surface area contributed by atoms with E-state index in [0.29, 0.717) is 25.7 Å². The van der Waals surface area contributed by atoms with E-state index in [0.717, 1.165) is 6.42 Å². The highest BCUT2D eigenvalue weighted by Gasteiger charge is 2.44. The van der Waals surface area contributed by atoms with Crippen LogP contribution in [0.1, 0.15) is 46.0 Å². The summed E-state index contributed by atoms with van der Waals surface area (Å²) in [5, 5.41) is 11.8. The molecule has 1 fully saturated rings. The largest absolute Gasteiger partial charge is 0.481 e. The topological polar surface area (TPSA) is 92.4 Å². The van der Waals surface area contributed by atoms with E-state index in [9.17, 15) is 9.59 Å². The van der Waals surface area contributed by atoms with Gasteiger partial charge in [-0.3, -0.25) is 9.59 Å². The van der Waals surface area contributed by atoms with Crippen LogP contribution in [0, 0.1) is 5.41 Å². The molecule has 0 spiro atoms. The molecule has 0 radical (unpaired) electrons. The minimum absolute atomic E-state index is 0.115. The van der Waals surface area contributed by atoms with Gasteiger partial charge in [0.25, 0.3) is 0 Å². The number of carbonyl (C=O) groups is 2. The van der Waals surface area contributed by atoms with Crippen molar-refractivity contribution in [3.63, 3.8) is 0 Å². The zero-order valence-electron chi connectivity index (χ0n) is 10.6. The molecular weight excluding hydrogens is 220 g/mol. The minimum atomic E-state index is -0.803. The highest BCUT2D eigenvalue weighted by atomic mass is 16.4. The van der Waals surface area contributed by atoms with Crippen LogP contribution in [0.15, 0.2) is 0 Å². The van der Waals surface area contributed by atoms with Crippen LogP contribution in [-0.4, -0.2) is 29.1 Å². The van der Waals surface area contributed by atoms with E-state index in [1.165, 1.54) is 0 Å². The van der Waals surface area contributed by atoms with Gasteiger partial charge in [-0.25, -0.2) is 0 Å². The lowest BCUT2D eigenvalue weighted by molar-refractivity contribution is -0.154. The molecule has 1 rings (SSSR count). The summed E-state index contributed by atoms with van der Waals surface area (Å²) in [7, 11) is 0. The van der Waals surface area contributed by atoms with Gasteiger partial charge in [0.1, 0.15) is 0 Å². The van der Waals surface area contributed by atoms with Crippen molar-refractivity contribution in [2.45, 2.75) is 51.5 Å².